The number of hydrogen-bond acceptors (Lipinski definition) is 3. The molecule has 0 spiro atoms. The second kappa shape index (κ2) is 16.0. The van der Waals surface area contributed by atoms with E-state index >= 15 is 0 Å². The number of fused-ring (bicyclic) bond motifs is 7. The molecule has 0 aliphatic carbocycles. The Kier molecular flexibility index (Phi) is 9.33. The molecule has 9 aromatic carbocycles. The average molecular weight is 1040 g/mol. The van der Waals surface area contributed by atoms with Gasteiger partial charge < -0.3 is 4.42 Å². The number of ether oxygens (including phenoxy) is 1. The molecule has 320 valence electrons. The topological polar surface area (TPSA) is 50.1 Å². The Bertz CT molecular complexity index is 4030. The van der Waals surface area contributed by atoms with Crippen LogP contribution in [-0.2, 0) is 19.4 Å². The Hall–Kier alpha value is -8.31. The number of aromatic nitrogens is 4. The van der Waals surface area contributed by atoms with Gasteiger partial charge in [-0.2, -0.15) is 0 Å². The van der Waals surface area contributed by atoms with Crippen molar-refractivity contribution in [2.45, 2.75) is 0 Å². The third-order valence-electron chi connectivity index (χ3n) is 12.8. The van der Waals surface area contributed by atoms with E-state index in [9.17, 15) is 0 Å². The van der Waals surface area contributed by atoms with Gasteiger partial charge in [-0.15, -0.1) is 0 Å². The Balaban J connectivity index is 0.886. The van der Waals surface area contributed by atoms with E-state index in [-0.39, 0.29) is 0 Å². The molecule has 0 radical (unpaired) electrons. The summed E-state index contributed by atoms with van der Waals surface area (Å²) in [5, 5.41) is 4.51. The van der Waals surface area contributed by atoms with Crippen molar-refractivity contribution in [1.82, 2.24) is 18.7 Å². The molecule has 13 rings (SSSR count). The van der Waals surface area contributed by atoms with Crippen molar-refractivity contribution < 1.29 is 28.5 Å². The van der Waals surface area contributed by atoms with Gasteiger partial charge in [-0.25, -0.2) is 0 Å². The third-order valence-corrected chi connectivity index (χ3v) is 13.8. The molecular formula is C60H38N4O2Pt. The molecule has 0 saturated carbocycles. The Morgan fingerprint density at radius 3 is 1.73 bits per heavy atom. The van der Waals surface area contributed by atoms with Gasteiger partial charge in [0.2, 0.25) is 0 Å². The molecule has 4 heterocycles. The van der Waals surface area contributed by atoms with Gasteiger partial charge in [-0.3, -0.25) is 0 Å². The summed E-state index contributed by atoms with van der Waals surface area (Å²) in [5.74, 6) is 2.29. The van der Waals surface area contributed by atoms with Gasteiger partial charge >= 0.3 is 294 Å². The van der Waals surface area contributed by atoms with Gasteiger partial charge in [0.15, 0.2) is 0 Å². The molecule has 6 nitrogen and oxygen atoms in total. The molecule has 0 atom stereocenters. The number of rotatable bonds is 8. The molecule has 0 amide bonds. The Morgan fingerprint density at radius 2 is 0.985 bits per heavy atom. The molecule has 0 saturated heterocycles. The maximum absolute atomic E-state index is 6.80. The van der Waals surface area contributed by atoms with Gasteiger partial charge in [-0.05, 0) is 29.8 Å². The second-order valence-electron chi connectivity index (χ2n) is 16.7. The molecular weight excluding hydrogens is 1000 g/mol. The predicted octanol–water partition coefficient (Wildman–Crippen LogP) is 15.7. The minimum absolute atomic E-state index is 0.732. The van der Waals surface area contributed by atoms with Crippen LogP contribution in [0.3, 0.4) is 0 Å². The fourth-order valence-electron chi connectivity index (χ4n) is 9.73. The first-order valence-electron chi connectivity index (χ1n) is 22.3. The summed E-state index contributed by atoms with van der Waals surface area (Å²) in [6, 6.07) is 78.6. The van der Waals surface area contributed by atoms with Crippen molar-refractivity contribution in [3.05, 3.63) is 234 Å². The number of pyridine rings is 1. The van der Waals surface area contributed by atoms with E-state index in [0.717, 1.165) is 121 Å². The molecule has 13 aromatic rings. The van der Waals surface area contributed by atoms with Crippen LogP contribution in [0.1, 0.15) is 0 Å². The van der Waals surface area contributed by atoms with Crippen LogP contribution < -0.4 is 4.74 Å². The zero-order chi connectivity index (χ0) is 44.4. The van der Waals surface area contributed by atoms with Crippen molar-refractivity contribution in [3.63, 3.8) is 0 Å². The fourth-order valence-corrected chi connectivity index (χ4v) is 10.8. The quantitative estimate of drug-likeness (QED) is 0.152. The predicted molar refractivity (Wildman–Crippen MR) is 268 cm³/mol. The molecule has 0 fully saturated rings. The van der Waals surface area contributed by atoms with Crippen molar-refractivity contribution in [3.8, 4) is 62.1 Å². The van der Waals surface area contributed by atoms with E-state index in [2.05, 4.69) is 233 Å². The van der Waals surface area contributed by atoms with Crippen molar-refractivity contribution >= 4 is 54.8 Å². The summed E-state index contributed by atoms with van der Waals surface area (Å²) >= 11 is 2.49. The van der Waals surface area contributed by atoms with E-state index in [0.29, 0.717) is 0 Å². The van der Waals surface area contributed by atoms with Crippen LogP contribution in [0.25, 0.3) is 105 Å². The first kappa shape index (κ1) is 39.1. The molecule has 0 aliphatic rings. The number of imidazole rings is 1. The summed E-state index contributed by atoms with van der Waals surface area (Å²) in [4.78, 5) is 5.07. The van der Waals surface area contributed by atoms with Crippen LogP contribution in [0.15, 0.2) is 235 Å². The van der Waals surface area contributed by atoms with Crippen LogP contribution in [0, 0.1) is 3.80 Å². The van der Waals surface area contributed by atoms with Crippen molar-refractivity contribution in [2.75, 3.05) is 0 Å². The molecule has 0 bridgehead atoms. The van der Waals surface area contributed by atoms with Crippen molar-refractivity contribution in [1.29, 1.82) is 0 Å². The monoisotopic (exact) mass is 1040 g/mol. The normalized spacial score (nSPS) is 11.7. The number of furan rings is 1. The van der Waals surface area contributed by atoms with E-state index < -0.39 is 0 Å². The van der Waals surface area contributed by atoms with Gasteiger partial charge in [0, 0.05) is 22.5 Å². The molecule has 4 aromatic heterocycles. The number of benzene rings is 9. The van der Waals surface area contributed by atoms with Gasteiger partial charge in [0.25, 0.3) is 0 Å². The van der Waals surface area contributed by atoms with Gasteiger partial charge in [-0.1, -0.05) is 36.4 Å². The van der Waals surface area contributed by atoms with Crippen LogP contribution in [0.5, 0.6) is 11.5 Å². The Labute approximate surface area is 396 Å². The van der Waals surface area contributed by atoms with Crippen LogP contribution >= 0.6 is 0 Å². The number of nitrogens with zero attached hydrogens (tertiary/aromatic N) is 4. The molecule has 0 aliphatic heterocycles. The van der Waals surface area contributed by atoms with Crippen LogP contribution in [0.4, 0.5) is 0 Å². The summed E-state index contributed by atoms with van der Waals surface area (Å²) in [5.41, 5.74) is 14.9. The SMILES string of the molecule is [Pt]=[c]1n(-c2cccc(Oc3ccc4c5ccccc5n(-c5ccc(-c6ccc7c(c6)oc6ccccc67)cn5)c4c3)c2)c2ccccc2n1-c1c(-c2ccccc2)cccc1-c1ccccc1. The fraction of sp³-hybridized carbons (Fsp3) is 0. The second-order valence-corrected chi connectivity index (χ2v) is 17.7. The van der Waals surface area contributed by atoms with Gasteiger partial charge in [0.1, 0.15) is 11.2 Å². The van der Waals surface area contributed by atoms with E-state index in [1.165, 1.54) is 0 Å². The summed E-state index contributed by atoms with van der Waals surface area (Å²) in [6.07, 6.45) is 1.95. The molecule has 0 unspecified atom stereocenters. The van der Waals surface area contributed by atoms with E-state index in [4.69, 9.17) is 14.1 Å². The van der Waals surface area contributed by atoms with E-state index in [1.807, 2.05) is 30.5 Å². The summed E-state index contributed by atoms with van der Waals surface area (Å²) < 4.78 is 21.0. The van der Waals surface area contributed by atoms with Crippen LogP contribution in [0.2, 0.25) is 0 Å². The van der Waals surface area contributed by atoms with Gasteiger partial charge in [0.05, 0.1) is 0 Å². The van der Waals surface area contributed by atoms with Crippen molar-refractivity contribution in [2.24, 2.45) is 0 Å². The zero-order valence-corrected chi connectivity index (χ0v) is 38.1. The Morgan fingerprint density at radius 1 is 0.388 bits per heavy atom. The maximum atomic E-state index is 6.80. The first-order valence-corrected chi connectivity index (χ1v) is 23.4. The van der Waals surface area contributed by atoms with Crippen LogP contribution in [-0.4, -0.2) is 18.7 Å². The zero-order valence-electron chi connectivity index (χ0n) is 35.9. The molecule has 67 heavy (non-hydrogen) atoms. The van der Waals surface area contributed by atoms with E-state index in [1.54, 1.807) is 0 Å². The standard InChI is InChI=1S/C60H38N4O2.Pt/c1-3-15-40(16-4-1)47-23-14-24-48(41-17-5-2-6-18-41)60(47)63-39-62(54-26-10-11-27-55(54)63)44-19-13-20-45(36-44)65-46-31-33-50-49-21-7-9-25-53(49)64(56(50)37-46)59-34-30-43(38-61-59)42-29-32-52-51-22-8-12-28-57(51)66-58(52)35-42;/h1-38H;. The third kappa shape index (κ3) is 6.60. The minimum atomic E-state index is 0.732. The average Bonchev–Trinajstić information content (AvgIpc) is 4.03. The molecule has 7 heteroatoms. The number of para-hydroxylation sites is 5. The summed E-state index contributed by atoms with van der Waals surface area (Å²) in [7, 11) is 0. The first-order chi connectivity index (χ1) is 33.1. The molecule has 0 N–H and O–H groups in total. The summed E-state index contributed by atoms with van der Waals surface area (Å²) in [6.45, 7) is 0. The number of hydrogen-bond donors (Lipinski definition) is 0.